The van der Waals surface area contributed by atoms with Crippen molar-refractivity contribution < 1.29 is 80.2 Å². The van der Waals surface area contributed by atoms with Crippen LogP contribution in [-0.2, 0) is 65.4 Å². The number of esters is 4. The molecule has 0 bridgehead atoms. The summed E-state index contributed by atoms with van der Waals surface area (Å²) in [5, 5.41) is 10.5. The van der Waals surface area contributed by atoms with Crippen molar-refractivity contribution in [3.63, 3.8) is 0 Å². The van der Waals surface area contributed by atoms with Gasteiger partial charge in [0.25, 0.3) is 0 Å². The molecule has 0 aliphatic heterocycles. The van der Waals surface area contributed by atoms with Crippen molar-refractivity contribution in [3.05, 3.63) is 0 Å². The monoisotopic (exact) mass is 1240 g/mol. The first kappa shape index (κ1) is 82.1. The van der Waals surface area contributed by atoms with Gasteiger partial charge in [-0.2, -0.15) is 0 Å². The maximum atomic E-state index is 13.0. The van der Waals surface area contributed by atoms with Gasteiger partial charge in [-0.25, -0.2) is 9.13 Å². The summed E-state index contributed by atoms with van der Waals surface area (Å²) >= 11 is 0. The molecular weight excluding hydrogens is 1110 g/mol. The van der Waals surface area contributed by atoms with Crippen LogP contribution in [0.3, 0.4) is 0 Å². The summed E-state index contributed by atoms with van der Waals surface area (Å²) in [5.74, 6) is -0.631. The van der Waals surface area contributed by atoms with Crippen LogP contribution in [0.1, 0.15) is 324 Å². The molecule has 0 spiro atoms. The minimum Gasteiger partial charge on any atom is -0.462 e. The normalized spacial score (nSPS) is 14.6. The predicted octanol–water partition coefficient (Wildman–Crippen LogP) is 18.0. The maximum absolute atomic E-state index is 13.0. The predicted molar refractivity (Wildman–Crippen MR) is 335 cm³/mol. The number of phosphoric ester groups is 2. The zero-order chi connectivity index (χ0) is 62.2. The van der Waals surface area contributed by atoms with E-state index in [1.807, 2.05) is 0 Å². The van der Waals surface area contributed by atoms with Crippen molar-refractivity contribution in [2.75, 3.05) is 39.6 Å². The van der Waals surface area contributed by atoms with Crippen LogP contribution in [0, 0.1) is 11.8 Å². The summed E-state index contributed by atoms with van der Waals surface area (Å²) in [5.41, 5.74) is 0. The van der Waals surface area contributed by atoms with Gasteiger partial charge >= 0.3 is 39.5 Å². The number of phosphoric acid groups is 2. The number of hydrogen-bond donors (Lipinski definition) is 3. The summed E-state index contributed by atoms with van der Waals surface area (Å²) in [6.07, 6.45) is 40.4. The van der Waals surface area contributed by atoms with E-state index in [1.54, 1.807) is 0 Å². The quantitative estimate of drug-likeness (QED) is 0.0222. The van der Waals surface area contributed by atoms with Gasteiger partial charge in [0.1, 0.15) is 19.3 Å². The summed E-state index contributed by atoms with van der Waals surface area (Å²) in [7, 11) is -9.88. The van der Waals surface area contributed by atoms with Gasteiger partial charge < -0.3 is 33.8 Å². The van der Waals surface area contributed by atoms with E-state index in [1.165, 1.54) is 128 Å². The van der Waals surface area contributed by atoms with Gasteiger partial charge in [0, 0.05) is 25.7 Å². The molecule has 498 valence electrons. The highest BCUT2D eigenvalue weighted by molar-refractivity contribution is 7.47. The Morgan fingerprint density at radius 1 is 0.345 bits per heavy atom. The second kappa shape index (κ2) is 57.5. The third-order valence-corrected chi connectivity index (χ3v) is 17.2. The molecule has 19 heteroatoms. The van der Waals surface area contributed by atoms with E-state index < -0.39 is 97.5 Å². The average molecular weight is 1240 g/mol. The van der Waals surface area contributed by atoms with Crippen molar-refractivity contribution in [1.29, 1.82) is 0 Å². The standard InChI is InChI=1S/C65H126O17P2/c1-7-10-12-14-16-17-21-25-29-36-42-48-63(68)76-54-60(81-64(69)49-43-37-30-26-23-20-18-19-22-24-28-33-39-45-57(4)5)55-79-83(71,72)77-51-59(66)52-78-84(73,74)80-56-61(53-75-62(67)47-41-35-27-15-13-11-8-2)82-65(70)50-44-38-32-31-34-40-46-58(6)9-3/h57-61,66H,7-56H2,1-6H3,(H,71,72)(H,73,74)/t58?,59-,60-,61-/m1/s1. The molecule has 3 unspecified atom stereocenters. The first-order valence-electron chi connectivity index (χ1n) is 34.0. The first-order valence-corrected chi connectivity index (χ1v) is 37.0. The highest BCUT2D eigenvalue weighted by Crippen LogP contribution is 2.45. The number of carbonyl (C=O) groups excluding carboxylic acids is 4. The Labute approximate surface area is 511 Å². The molecule has 0 heterocycles. The third-order valence-electron chi connectivity index (χ3n) is 15.3. The topological polar surface area (TPSA) is 237 Å². The zero-order valence-electron chi connectivity index (χ0n) is 54.2. The van der Waals surface area contributed by atoms with Crippen molar-refractivity contribution >= 4 is 39.5 Å². The van der Waals surface area contributed by atoms with Gasteiger partial charge in [-0.15, -0.1) is 0 Å². The van der Waals surface area contributed by atoms with Crippen molar-refractivity contribution in [2.45, 2.75) is 342 Å². The molecule has 0 aliphatic rings. The lowest BCUT2D eigenvalue weighted by Gasteiger charge is -2.21. The van der Waals surface area contributed by atoms with Crippen molar-refractivity contribution in [3.8, 4) is 0 Å². The number of hydrogen-bond acceptors (Lipinski definition) is 15. The zero-order valence-corrected chi connectivity index (χ0v) is 56.0. The van der Waals surface area contributed by atoms with Crippen molar-refractivity contribution in [1.82, 2.24) is 0 Å². The van der Waals surface area contributed by atoms with E-state index in [-0.39, 0.29) is 25.7 Å². The van der Waals surface area contributed by atoms with E-state index in [2.05, 4.69) is 41.5 Å². The SMILES string of the molecule is CCCCCCCCCCCCCC(=O)OC[C@H](COP(=O)(O)OC[C@@H](O)COP(=O)(O)OC[C@@H](COC(=O)CCCCCCCCC)OC(=O)CCCCCCCCC(C)CC)OC(=O)CCCCCCCCCCCCCCCC(C)C. The van der Waals surface area contributed by atoms with Crippen molar-refractivity contribution in [2.24, 2.45) is 11.8 Å². The molecule has 0 saturated carbocycles. The number of carbonyl (C=O) groups is 4. The Morgan fingerprint density at radius 2 is 0.607 bits per heavy atom. The van der Waals surface area contributed by atoms with Crippen LogP contribution in [0.2, 0.25) is 0 Å². The molecule has 0 aromatic heterocycles. The van der Waals surface area contributed by atoms with Gasteiger partial charge in [-0.3, -0.25) is 37.3 Å². The fraction of sp³-hybridized carbons (Fsp3) is 0.938. The second-order valence-electron chi connectivity index (χ2n) is 24.2. The van der Waals surface area contributed by atoms with E-state index in [0.717, 1.165) is 115 Å². The van der Waals surface area contributed by atoms with Gasteiger partial charge in [-0.05, 0) is 37.5 Å². The summed E-state index contributed by atoms with van der Waals surface area (Å²) in [4.78, 5) is 72.1. The number of ether oxygens (including phenoxy) is 4. The molecule has 17 nitrogen and oxygen atoms in total. The minimum absolute atomic E-state index is 0.103. The molecule has 0 aromatic carbocycles. The Hall–Kier alpha value is -1.94. The Morgan fingerprint density at radius 3 is 0.905 bits per heavy atom. The molecule has 3 N–H and O–H groups in total. The molecule has 0 radical (unpaired) electrons. The highest BCUT2D eigenvalue weighted by atomic mass is 31.2. The van der Waals surface area contributed by atoms with Gasteiger partial charge in [0.2, 0.25) is 0 Å². The fourth-order valence-electron chi connectivity index (χ4n) is 9.68. The fourth-order valence-corrected chi connectivity index (χ4v) is 11.3. The molecule has 0 saturated heterocycles. The van der Waals surface area contributed by atoms with Crippen LogP contribution < -0.4 is 0 Å². The number of rotatable bonds is 64. The van der Waals surface area contributed by atoms with Crippen LogP contribution in [0.5, 0.6) is 0 Å². The second-order valence-corrected chi connectivity index (χ2v) is 27.1. The molecule has 0 aliphatic carbocycles. The first-order chi connectivity index (χ1) is 40.4. The third kappa shape index (κ3) is 57.8. The minimum atomic E-state index is -4.95. The smallest absolute Gasteiger partial charge is 0.462 e. The maximum Gasteiger partial charge on any atom is 0.472 e. The molecule has 0 rings (SSSR count). The number of aliphatic hydroxyl groups is 1. The molecule has 0 fully saturated rings. The molecular formula is C65H126O17P2. The van der Waals surface area contributed by atoms with Crippen LogP contribution >= 0.6 is 15.6 Å². The van der Waals surface area contributed by atoms with Gasteiger partial charge in [-0.1, -0.05) is 273 Å². The molecule has 0 amide bonds. The number of unbranched alkanes of at least 4 members (excludes halogenated alkanes) is 33. The molecule has 84 heavy (non-hydrogen) atoms. The Bertz CT molecular complexity index is 1650. The van der Waals surface area contributed by atoms with E-state index >= 15 is 0 Å². The molecule has 6 atom stereocenters. The van der Waals surface area contributed by atoms with Crippen LogP contribution in [-0.4, -0.2) is 96.7 Å². The van der Waals surface area contributed by atoms with E-state index in [0.29, 0.717) is 25.7 Å². The number of aliphatic hydroxyl groups excluding tert-OH is 1. The Kier molecular flexibility index (Phi) is 56.2. The highest BCUT2D eigenvalue weighted by Gasteiger charge is 2.30. The summed E-state index contributed by atoms with van der Waals surface area (Å²) in [6.45, 7) is 9.43. The lowest BCUT2D eigenvalue weighted by atomic mass is 10.00. The summed E-state index contributed by atoms with van der Waals surface area (Å²) < 4.78 is 67.9. The van der Waals surface area contributed by atoms with E-state index in [4.69, 9.17) is 37.0 Å². The lowest BCUT2D eigenvalue weighted by molar-refractivity contribution is -0.161. The van der Waals surface area contributed by atoms with Gasteiger partial charge in [0.05, 0.1) is 26.4 Å². The van der Waals surface area contributed by atoms with Gasteiger partial charge in [0.15, 0.2) is 12.2 Å². The summed E-state index contributed by atoms with van der Waals surface area (Å²) in [6, 6.07) is 0. The van der Waals surface area contributed by atoms with Crippen LogP contribution in [0.15, 0.2) is 0 Å². The Balaban J connectivity index is 5.21. The molecule has 0 aromatic rings. The van der Waals surface area contributed by atoms with E-state index in [9.17, 15) is 43.2 Å². The van der Waals surface area contributed by atoms with Crippen LogP contribution in [0.4, 0.5) is 0 Å². The lowest BCUT2D eigenvalue weighted by Crippen LogP contribution is -2.30. The van der Waals surface area contributed by atoms with Crippen LogP contribution in [0.25, 0.3) is 0 Å². The average Bonchev–Trinajstić information content (AvgIpc) is 3.59. The largest absolute Gasteiger partial charge is 0.472 e.